The van der Waals surface area contributed by atoms with E-state index in [2.05, 4.69) is 5.32 Å². The number of ketones is 2. The number of hydrogen-bond acceptors (Lipinski definition) is 9. The van der Waals surface area contributed by atoms with E-state index in [0.29, 0.717) is 6.07 Å². The van der Waals surface area contributed by atoms with E-state index in [1.807, 2.05) is 5.32 Å². The van der Waals surface area contributed by atoms with E-state index in [1.165, 1.54) is 31.1 Å². The molecule has 12 nitrogen and oxygen atoms in total. The molecule has 2 aromatic carbocycles. The molecule has 3 amide bonds. The van der Waals surface area contributed by atoms with E-state index in [1.54, 1.807) is 6.92 Å². The molecule has 8 N–H and O–H groups in total. The number of anilines is 2. The number of amides is 3. The van der Waals surface area contributed by atoms with Gasteiger partial charge in [0.05, 0.1) is 40.6 Å². The number of benzene rings is 2. The number of hydrogen-bond donors (Lipinski definition) is 7. The maximum absolute atomic E-state index is 14.0. The Bertz CT molecular complexity index is 1770. The smallest absolute Gasteiger partial charge is 0.418 e. The Morgan fingerprint density at radius 2 is 1.61 bits per heavy atom. The van der Waals surface area contributed by atoms with Gasteiger partial charge < -0.3 is 36.8 Å². The van der Waals surface area contributed by atoms with Gasteiger partial charge in [-0.25, -0.2) is 4.79 Å². The number of phenols is 1. The molecule has 0 bridgehead atoms. The number of aliphatic hydroxyl groups excluding tert-OH is 3. The Morgan fingerprint density at radius 1 is 1.00 bits per heavy atom. The Hall–Kier alpha value is -4.60. The number of carbonyl (C=O) groups is 4. The molecule has 0 aromatic heterocycles. The summed E-state index contributed by atoms with van der Waals surface area (Å²) in [5, 5.41) is 49.1. The number of nitrogens with one attached hydrogen (secondary N) is 2. The third-order valence-corrected chi connectivity index (χ3v) is 9.01. The Kier molecular flexibility index (Phi) is 8.07. The van der Waals surface area contributed by atoms with Crippen LogP contribution in [0, 0.1) is 17.8 Å². The molecule has 0 radical (unpaired) electrons. The van der Waals surface area contributed by atoms with Gasteiger partial charge in [0.2, 0.25) is 0 Å². The molecule has 6 atom stereocenters. The lowest BCUT2D eigenvalue weighted by Gasteiger charge is -2.50. The quantitative estimate of drug-likeness (QED) is 0.144. The van der Waals surface area contributed by atoms with Gasteiger partial charge in [-0.2, -0.15) is 13.2 Å². The van der Waals surface area contributed by atoms with Crippen LogP contribution in [0.3, 0.4) is 0 Å². The number of primary amides is 1. The highest BCUT2D eigenvalue weighted by Crippen LogP contribution is 2.55. The van der Waals surface area contributed by atoms with Crippen molar-refractivity contribution in [1.82, 2.24) is 4.90 Å². The largest absolute Gasteiger partial charge is 0.510 e. The van der Waals surface area contributed by atoms with Gasteiger partial charge in [-0.15, -0.1) is 0 Å². The first-order valence-corrected chi connectivity index (χ1v) is 14.2. The van der Waals surface area contributed by atoms with Crippen LogP contribution in [0.15, 0.2) is 47.2 Å². The number of aromatic hydroxyl groups is 1. The normalized spacial score (nSPS) is 26.0. The van der Waals surface area contributed by atoms with Crippen molar-refractivity contribution in [3.63, 3.8) is 0 Å². The van der Waals surface area contributed by atoms with E-state index in [-0.39, 0.29) is 21.8 Å². The number of fused-ring (bicyclic) bond motifs is 3. The summed E-state index contributed by atoms with van der Waals surface area (Å²) in [6.07, 6.45) is -6.38. The van der Waals surface area contributed by atoms with Crippen molar-refractivity contribution in [2.45, 2.75) is 31.2 Å². The molecule has 0 spiro atoms. The Morgan fingerprint density at radius 3 is 2.20 bits per heavy atom. The molecule has 0 saturated heterocycles. The van der Waals surface area contributed by atoms with E-state index < -0.39 is 105 Å². The van der Waals surface area contributed by atoms with E-state index in [0.717, 1.165) is 12.1 Å². The summed E-state index contributed by atoms with van der Waals surface area (Å²) < 4.78 is 40.5. The Labute approximate surface area is 263 Å². The van der Waals surface area contributed by atoms with Crippen molar-refractivity contribution in [2.24, 2.45) is 23.5 Å². The zero-order valence-corrected chi connectivity index (χ0v) is 25.1. The van der Waals surface area contributed by atoms with Gasteiger partial charge in [-0.05, 0) is 49.8 Å². The zero-order chi connectivity index (χ0) is 34.2. The molecule has 3 aliphatic carbocycles. The van der Waals surface area contributed by atoms with Gasteiger partial charge in [0.1, 0.15) is 22.8 Å². The molecule has 0 aliphatic heterocycles. The molecule has 3 aliphatic rings. The number of nitrogens with two attached hydrogens (primary N) is 1. The topological polar surface area (TPSA) is 203 Å². The third-order valence-electron chi connectivity index (χ3n) is 8.78. The van der Waals surface area contributed by atoms with Crippen LogP contribution in [-0.2, 0) is 20.6 Å². The summed E-state index contributed by atoms with van der Waals surface area (Å²) in [5.74, 6) is -10.5. The number of rotatable bonds is 4. The fraction of sp³-hybridized carbons (Fsp3) is 0.333. The first-order chi connectivity index (χ1) is 21.4. The summed E-state index contributed by atoms with van der Waals surface area (Å²) >= 11 is 5.68. The van der Waals surface area contributed by atoms with Crippen LogP contribution in [0.1, 0.15) is 29.5 Å². The van der Waals surface area contributed by atoms with Crippen LogP contribution in [0.2, 0.25) is 5.02 Å². The maximum atomic E-state index is 14.0. The first-order valence-electron chi connectivity index (χ1n) is 13.8. The summed E-state index contributed by atoms with van der Waals surface area (Å²) in [4.78, 5) is 53.7. The lowest BCUT2D eigenvalue weighted by Crippen LogP contribution is -2.61. The highest BCUT2D eigenvalue weighted by molar-refractivity contribution is 6.31. The third kappa shape index (κ3) is 5.04. The second-order valence-corrected chi connectivity index (χ2v) is 12.0. The maximum Gasteiger partial charge on any atom is 0.418 e. The number of urea groups is 1. The van der Waals surface area contributed by atoms with Gasteiger partial charge in [-0.3, -0.25) is 19.3 Å². The second kappa shape index (κ2) is 11.3. The summed E-state index contributed by atoms with van der Waals surface area (Å²) in [7, 11) is 3.01. The molecular formula is C30H28ClF3N4O8. The summed E-state index contributed by atoms with van der Waals surface area (Å²) in [5.41, 5.74) is 1.82. The molecule has 6 unspecified atom stereocenters. The van der Waals surface area contributed by atoms with Crippen molar-refractivity contribution in [1.29, 1.82) is 0 Å². The molecule has 5 rings (SSSR count). The standard InChI is InChI=1S/C30H28ClF3N4O8/c1-9-11-5-7-14(37-29(46)36-13-6-4-10(31)8-12(13)30(32,33)34)22(39)16(11)24(41)18-15(9)23(40)17-19(25(18)42)26(43)20(28(35)45)27(44)21(17)38(2)3/h4-9,15,17,19,21,23,39-41,44H,1-3H3,(H2,35,45)(H2,36,37,46). The number of alkyl halides is 3. The van der Waals surface area contributed by atoms with Crippen LogP contribution < -0.4 is 16.4 Å². The number of likely N-dealkylation sites (N-methyl/N-ethyl adjacent to an activating group) is 1. The van der Waals surface area contributed by atoms with Gasteiger partial charge in [0.15, 0.2) is 11.6 Å². The lowest BCUT2D eigenvalue weighted by molar-refractivity contribution is -0.144. The minimum Gasteiger partial charge on any atom is -0.510 e. The minimum atomic E-state index is -4.86. The van der Waals surface area contributed by atoms with Crippen molar-refractivity contribution >= 4 is 52.2 Å². The molecular weight excluding hydrogens is 637 g/mol. The highest BCUT2D eigenvalue weighted by Gasteiger charge is 2.60. The number of phenolic OH excluding ortho intramolecular Hbond substituents is 1. The molecule has 1 fully saturated rings. The van der Waals surface area contributed by atoms with Crippen molar-refractivity contribution < 1.29 is 52.8 Å². The van der Waals surface area contributed by atoms with E-state index in [4.69, 9.17) is 17.3 Å². The predicted molar refractivity (Wildman–Crippen MR) is 158 cm³/mol. The molecule has 46 heavy (non-hydrogen) atoms. The van der Waals surface area contributed by atoms with Gasteiger partial charge in [-0.1, -0.05) is 24.6 Å². The van der Waals surface area contributed by atoms with Crippen LogP contribution in [0.4, 0.5) is 29.3 Å². The van der Waals surface area contributed by atoms with E-state index >= 15 is 0 Å². The van der Waals surface area contributed by atoms with Crippen molar-refractivity contribution in [2.75, 3.05) is 24.7 Å². The number of nitrogens with zero attached hydrogens (tertiary/aromatic N) is 1. The summed E-state index contributed by atoms with van der Waals surface area (Å²) in [6.45, 7) is 1.59. The second-order valence-electron chi connectivity index (χ2n) is 11.6. The fourth-order valence-corrected chi connectivity index (χ4v) is 7.02. The molecule has 16 heteroatoms. The van der Waals surface area contributed by atoms with Gasteiger partial charge >= 0.3 is 12.2 Å². The first kappa shape index (κ1) is 32.8. The highest BCUT2D eigenvalue weighted by atomic mass is 35.5. The van der Waals surface area contributed by atoms with Crippen LogP contribution in [-0.4, -0.2) is 75.1 Å². The van der Waals surface area contributed by atoms with E-state index in [9.17, 15) is 52.8 Å². The number of Topliss-reactive ketones (excluding diaryl/α,β-unsaturated/α-hetero) is 2. The number of halogens is 4. The number of carbonyl (C=O) groups excluding carboxylic acids is 4. The minimum absolute atomic E-state index is 0.221. The SMILES string of the molecule is CC1c2ccc(NC(=O)Nc3ccc(Cl)cc3C(F)(F)F)c(O)c2C(O)=C2C(=O)C3C(=O)C(C(N)=O)=C(O)C(N(C)C)C3C(O)C21. The van der Waals surface area contributed by atoms with Crippen molar-refractivity contribution in [3.8, 4) is 5.75 Å². The van der Waals surface area contributed by atoms with Crippen LogP contribution in [0.5, 0.6) is 5.75 Å². The van der Waals surface area contributed by atoms with Gasteiger partial charge in [0, 0.05) is 22.4 Å². The lowest BCUT2D eigenvalue weighted by atomic mass is 9.56. The molecule has 244 valence electrons. The van der Waals surface area contributed by atoms with Crippen LogP contribution in [0.25, 0.3) is 5.76 Å². The fourth-order valence-electron chi connectivity index (χ4n) is 6.85. The zero-order valence-electron chi connectivity index (χ0n) is 24.3. The molecule has 0 heterocycles. The van der Waals surface area contributed by atoms with Crippen LogP contribution >= 0.6 is 11.6 Å². The Balaban J connectivity index is 1.55. The predicted octanol–water partition coefficient (Wildman–Crippen LogP) is 3.70. The monoisotopic (exact) mass is 664 g/mol. The molecule has 2 aromatic rings. The average molecular weight is 665 g/mol. The average Bonchev–Trinajstić information content (AvgIpc) is 2.94. The molecule has 1 saturated carbocycles. The number of aliphatic hydroxyl groups is 3. The van der Waals surface area contributed by atoms with Crippen molar-refractivity contribution in [3.05, 3.63) is 69.0 Å². The summed E-state index contributed by atoms with van der Waals surface area (Å²) in [6, 6.07) is 2.93. The van der Waals surface area contributed by atoms with Gasteiger partial charge in [0.25, 0.3) is 5.91 Å².